The molecule has 2 heterocycles. The van der Waals surface area contributed by atoms with Gasteiger partial charge >= 0.3 is 0 Å². The molecule has 0 radical (unpaired) electrons. The first-order chi connectivity index (χ1) is 7.25. The van der Waals surface area contributed by atoms with Gasteiger partial charge in [0.05, 0.1) is 11.7 Å². The van der Waals surface area contributed by atoms with Crippen molar-refractivity contribution in [3.8, 4) is 0 Å². The van der Waals surface area contributed by atoms with E-state index in [1.807, 2.05) is 17.9 Å². The largest absolute Gasteiger partial charge is 0.302 e. The van der Waals surface area contributed by atoms with Crippen LogP contribution in [0.25, 0.3) is 10.9 Å². The molecule has 3 rings (SSSR count). The van der Waals surface area contributed by atoms with Crippen molar-refractivity contribution in [3.63, 3.8) is 0 Å². The maximum atomic E-state index is 4.33. The molecule has 2 aromatic rings. The normalized spacial score (nSPS) is 16.9. The van der Waals surface area contributed by atoms with Crippen molar-refractivity contribution in [2.75, 3.05) is 13.6 Å². The van der Waals surface area contributed by atoms with E-state index < -0.39 is 0 Å². The molecule has 0 amide bonds. The molecule has 0 aliphatic carbocycles. The van der Waals surface area contributed by atoms with Crippen LogP contribution < -0.4 is 0 Å². The Balaban J connectivity index is 2.26. The maximum Gasteiger partial charge on any atom is 0.0682 e. The van der Waals surface area contributed by atoms with Gasteiger partial charge in [0.1, 0.15) is 0 Å². The van der Waals surface area contributed by atoms with Crippen molar-refractivity contribution in [2.45, 2.75) is 13.0 Å². The van der Waals surface area contributed by atoms with Crippen LogP contribution in [-0.2, 0) is 20.0 Å². The van der Waals surface area contributed by atoms with Gasteiger partial charge in [-0.05, 0) is 30.7 Å². The Morgan fingerprint density at radius 3 is 3.00 bits per heavy atom. The monoisotopic (exact) mass is 201 g/mol. The molecule has 0 fully saturated rings. The van der Waals surface area contributed by atoms with E-state index in [-0.39, 0.29) is 0 Å². The first-order valence-corrected chi connectivity index (χ1v) is 5.37. The van der Waals surface area contributed by atoms with Crippen LogP contribution in [0.3, 0.4) is 0 Å². The van der Waals surface area contributed by atoms with Gasteiger partial charge in [-0.15, -0.1) is 0 Å². The molecule has 1 aromatic heterocycles. The summed E-state index contributed by atoms with van der Waals surface area (Å²) in [5, 5.41) is 5.66. The van der Waals surface area contributed by atoms with Crippen LogP contribution in [0.1, 0.15) is 11.1 Å². The predicted molar refractivity (Wildman–Crippen MR) is 60.8 cm³/mol. The summed E-state index contributed by atoms with van der Waals surface area (Å²) in [5.41, 5.74) is 4.21. The molecule has 78 valence electrons. The van der Waals surface area contributed by atoms with Gasteiger partial charge in [0.15, 0.2) is 0 Å². The Morgan fingerprint density at radius 1 is 1.27 bits per heavy atom. The molecule has 1 aliphatic heterocycles. The molecule has 1 aliphatic rings. The molecule has 0 unspecified atom stereocenters. The Labute approximate surface area is 89.3 Å². The van der Waals surface area contributed by atoms with E-state index >= 15 is 0 Å². The Bertz CT molecular complexity index is 513. The van der Waals surface area contributed by atoms with E-state index in [0.717, 1.165) is 19.5 Å². The summed E-state index contributed by atoms with van der Waals surface area (Å²) < 4.78 is 1.95. The summed E-state index contributed by atoms with van der Waals surface area (Å²) in [4.78, 5) is 2.37. The van der Waals surface area contributed by atoms with Crippen molar-refractivity contribution >= 4 is 10.9 Å². The fourth-order valence-corrected chi connectivity index (χ4v) is 2.45. The van der Waals surface area contributed by atoms with E-state index in [1.54, 1.807) is 0 Å². The van der Waals surface area contributed by atoms with E-state index in [0.29, 0.717) is 0 Å². The lowest BCUT2D eigenvalue weighted by Gasteiger charge is -2.25. The fraction of sp³-hybridized carbons (Fsp3) is 0.417. The molecule has 0 spiro atoms. The van der Waals surface area contributed by atoms with Gasteiger partial charge in [-0.2, -0.15) is 5.10 Å². The molecular weight excluding hydrogens is 186 g/mol. The first-order valence-electron chi connectivity index (χ1n) is 5.37. The molecule has 15 heavy (non-hydrogen) atoms. The summed E-state index contributed by atoms with van der Waals surface area (Å²) in [6.07, 6.45) is 3.15. The number of rotatable bonds is 0. The molecule has 1 aromatic carbocycles. The van der Waals surface area contributed by atoms with Crippen LogP contribution in [0, 0.1) is 0 Å². The van der Waals surface area contributed by atoms with E-state index in [9.17, 15) is 0 Å². The van der Waals surface area contributed by atoms with Crippen LogP contribution >= 0.6 is 0 Å². The van der Waals surface area contributed by atoms with Crippen molar-refractivity contribution < 1.29 is 0 Å². The van der Waals surface area contributed by atoms with Gasteiger partial charge in [0, 0.05) is 25.5 Å². The van der Waals surface area contributed by atoms with E-state index in [1.165, 1.54) is 22.0 Å². The quantitative estimate of drug-likeness (QED) is 0.645. The average molecular weight is 201 g/mol. The smallest absolute Gasteiger partial charge is 0.0682 e. The highest BCUT2D eigenvalue weighted by molar-refractivity contribution is 5.83. The number of aromatic nitrogens is 2. The number of hydrogen-bond donors (Lipinski definition) is 0. The third-order valence-electron chi connectivity index (χ3n) is 3.32. The number of likely N-dealkylation sites (N-methyl/N-ethyl adjacent to an activating group) is 1. The number of nitrogens with zero attached hydrogens (tertiary/aromatic N) is 3. The Kier molecular flexibility index (Phi) is 1.83. The Hall–Kier alpha value is -1.35. The second-order valence-corrected chi connectivity index (χ2v) is 4.39. The van der Waals surface area contributed by atoms with Crippen LogP contribution in [-0.4, -0.2) is 28.3 Å². The van der Waals surface area contributed by atoms with Crippen molar-refractivity contribution in [2.24, 2.45) is 7.05 Å². The molecule has 0 bridgehead atoms. The molecule has 3 nitrogen and oxygen atoms in total. The highest BCUT2D eigenvalue weighted by Gasteiger charge is 2.16. The molecule has 0 saturated carbocycles. The minimum Gasteiger partial charge on any atom is -0.302 e. The van der Waals surface area contributed by atoms with Crippen molar-refractivity contribution in [3.05, 3.63) is 29.5 Å². The van der Waals surface area contributed by atoms with Gasteiger partial charge < -0.3 is 4.90 Å². The number of aryl methyl sites for hydroxylation is 1. The molecule has 3 heteroatoms. The summed E-state index contributed by atoms with van der Waals surface area (Å²) in [6, 6.07) is 4.43. The molecule has 0 atom stereocenters. The third-order valence-corrected chi connectivity index (χ3v) is 3.32. The zero-order valence-electron chi connectivity index (χ0n) is 9.20. The lowest BCUT2D eigenvalue weighted by molar-refractivity contribution is 0.314. The Morgan fingerprint density at radius 2 is 2.13 bits per heavy atom. The zero-order valence-corrected chi connectivity index (χ0v) is 9.20. The van der Waals surface area contributed by atoms with Gasteiger partial charge in [0.25, 0.3) is 0 Å². The number of fused-ring (bicyclic) bond motifs is 3. The summed E-state index contributed by atoms with van der Waals surface area (Å²) >= 11 is 0. The fourth-order valence-electron chi connectivity index (χ4n) is 2.45. The molecular formula is C12H15N3. The standard InChI is InChI=1S/C12H15N3/c1-14-6-5-10-9(8-14)3-4-12-11(10)7-13-15(12)2/h3-4,7H,5-6,8H2,1-2H3. The van der Waals surface area contributed by atoms with Gasteiger partial charge in [-0.1, -0.05) is 6.07 Å². The predicted octanol–water partition coefficient (Wildman–Crippen LogP) is 1.56. The SMILES string of the molecule is CN1CCc2c(ccc3c2cnn3C)C1. The number of benzene rings is 1. The van der Waals surface area contributed by atoms with Crippen LogP contribution in [0.15, 0.2) is 18.3 Å². The number of hydrogen-bond acceptors (Lipinski definition) is 2. The third kappa shape index (κ3) is 1.27. The zero-order chi connectivity index (χ0) is 10.4. The van der Waals surface area contributed by atoms with Gasteiger partial charge in [-0.3, -0.25) is 4.68 Å². The topological polar surface area (TPSA) is 21.1 Å². The van der Waals surface area contributed by atoms with Crippen LogP contribution in [0.4, 0.5) is 0 Å². The van der Waals surface area contributed by atoms with Crippen LogP contribution in [0.2, 0.25) is 0 Å². The van der Waals surface area contributed by atoms with Crippen molar-refractivity contribution in [1.29, 1.82) is 0 Å². The minimum absolute atomic E-state index is 1.07. The molecule has 0 N–H and O–H groups in total. The molecule has 0 saturated heterocycles. The highest BCUT2D eigenvalue weighted by Crippen LogP contribution is 2.26. The van der Waals surface area contributed by atoms with Gasteiger partial charge in [-0.25, -0.2) is 0 Å². The average Bonchev–Trinajstić information content (AvgIpc) is 2.60. The van der Waals surface area contributed by atoms with Gasteiger partial charge in [0.2, 0.25) is 0 Å². The van der Waals surface area contributed by atoms with Crippen molar-refractivity contribution in [1.82, 2.24) is 14.7 Å². The lowest BCUT2D eigenvalue weighted by atomic mass is 9.97. The van der Waals surface area contributed by atoms with Crippen LogP contribution in [0.5, 0.6) is 0 Å². The minimum atomic E-state index is 1.07. The first kappa shape index (κ1) is 8.92. The highest BCUT2D eigenvalue weighted by atomic mass is 15.2. The second-order valence-electron chi connectivity index (χ2n) is 4.39. The maximum absolute atomic E-state index is 4.33. The van der Waals surface area contributed by atoms with E-state index in [4.69, 9.17) is 0 Å². The second kappa shape index (κ2) is 3.07. The summed E-state index contributed by atoms with van der Waals surface area (Å²) in [5.74, 6) is 0. The van der Waals surface area contributed by atoms with E-state index in [2.05, 4.69) is 29.2 Å². The lowest BCUT2D eigenvalue weighted by Crippen LogP contribution is -2.26. The summed E-state index contributed by atoms with van der Waals surface area (Å²) in [7, 11) is 4.18. The summed E-state index contributed by atoms with van der Waals surface area (Å²) in [6.45, 7) is 2.22.